The summed E-state index contributed by atoms with van der Waals surface area (Å²) in [6, 6.07) is 5.84. The standard InChI is InChI=1S/C33H41N3O5S/c1-7-8-9-10-13-36(5)31(37)22-15-33(16-23(22)32(38)39)17-28(33)41-27-14-24(30-35-25(18-42-30)19(2)3)34-29-20(4)26(40-6)12-11-21(27)29/h7,11-12,14,18-19,22-23,28H,1,8-10,13,15-17H2,2-6H3,(H,38,39)/t22-,23-,28?,33?/m1/s1. The zero-order valence-corrected chi connectivity index (χ0v) is 26.0. The second-order valence-corrected chi connectivity index (χ2v) is 13.1. The van der Waals surface area contributed by atoms with E-state index in [0.717, 1.165) is 64.3 Å². The smallest absolute Gasteiger partial charge is 0.307 e. The summed E-state index contributed by atoms with van der Waals surface area (Å²) in [6.45, 7) is 10.6. The number of ether oxygens (including phenoxy) is 2. The molecule has 9 heteroatoms. The van der Waals surface area contributed by atoms with Crippen molar-refractivity contribution in [2.24, 2.45) is 17.3 Å². The van der Waals surface area contributed by atoms with Crippen molar-refractivity contribution in [1.82, 2.24) is 14.9 Å². The number of hydrogen-bond donors (Lipinski definition) is 1. The molecular weight excluding hydrogens is 550 g/mol. The maximum atomic E-state index is 13.4. The highest BCUT2D eigenvalue weighted by Crippen LogP contribution is 2.63. The van der Waals surface area contributed by atoms with Gasteiger partial charge in [-0.1, -0.05) is 19.9 Å². The molecule has 0 saturated heterocycles. The topological polar surface area (TPSA) is 102 Å². The molecule has 0 radical (unpaired) electrons. The lowest BCUT2D eigenvalue weighted by atomic mass is 9.95. The summed E-state index contributed by atoms with van der Waals surface area (Å²) < 4.78 is 12.3. The molecule has 8 nitrogen and oxygen atoms in total. The SMILES string of the molecule is C=CCCCCN(C)C(=O)[C@@H]1CC2(CC2Oc2cc(-c3nc(C(C)C)cs3)nc3c(C)c(OC)ccc23)C[C@H]1C(=O)O. The Hall–Kier alpha value is -3.46. The second-order valence-electron chi connectivity index (χ2n) is 12.2. The largest absolute Gasteiger partial charge is 0.496 e. The normalized spacial score (nSPS) is 23.0. The van der Waals surface area contributed by atoms with Gasteiger partial charge in [-0.25, -0.2) is 9.97 Å². The molecule has 2 saturated carbocycles. The Morgan fingerprint density at radius 1 is 1.19 bits per heavy atom. The van der Waals surface area contributed by atoms with Gasteiger partial charge in [0.25, 0.3) is 0 Å². The Bertz CT molecular complexity index is 1500. The molecule has 2 heterocycles. The van der Waals surface area contributed by atoms with E-state index >= 15 is 0 Å². The number of methoxy groups -OCH3 is 1. The van der Waals surface area contributed by atoms with Gasteiger partial charge in [0.15, 0.2) is 0 Å². The van der Waals surface area contributed by atoms with E-state index in [-0.39, 0.29) is 17.4 Å². The molecule has 2 unspecified atom stereocenters. The van der Waals surface area contributed by atoms with E-state index < -0.39 is 17.8 Å². The molecule has 3 aromatic rings. The number of carboxylic acid groups (broad SMARTS) is 1. The van der Waals surface area contributed by atoms with Crippen molar-refractivity contribution in [3.63, 3.8) is 0 Å². The molecule has 42 heavy (non-hydrogen) atoms. The van der Waals surface area contributed by atoms with E-state index in [1.165, 1.54) is 0 Å². The number of benzene rings is 1. The minimum absolute atomic E-state index is 0.0763. The van der Waals surface area contributed by atoms with Crippen LogP contribution in [0.5, 0.6) is 11.5 Å². The number of carbonyl (C=O) groups excluding carboxylic acids is 1. The molecule has 224 valence electrons. The number of aryl methyl sites for hydroxylation is 1. The molecule has 1 amide bonds. The summed E-state index contributed by atoms with van der Waals surface area (Å²) in [6.07, 6.45) is 6.15. The molecule has 5 rings (SSSR count). The van der Waals surface area contributed by atoms with Crippen LogP contribution in [0.15, 0.2) is 36.2 Å². The number of aliphatic carboxylic acids is 1. The molecule has 4 atom stereocenters. The van der Waals surface area contributed by atoms with E-state index in [9.17, 15) is 14.7 Å². The Morgan fingerprint density at radius 2 is 1.95 bits per heavy atom. The van der Waals surface area contributed by atoms with Crippen molar-refractivity contribution >= 4 is 34.1 Å². The molecule has 2 fully saturated rings. The highest BCUT2D eigenvalue weighted by atomic mass is 32.1. The van der Waals surface area contributed by atoms with Crippen molar-refractivity contribution in [2.45, 2.75) is 71.3 Å². The quantitative estimate of drug-likeness (QED) is 0.181. The second kappa shape index (κ2) is 12.0. The number of thiazole rings is 1. The van der Waals surface area contributed by atoms with Crippen LogP contribution in [0, 0.1) is 24.2 Å². The molecule has 0 aliphatic heterocycles. The van der Waals surface area contributed by atoms with Crippen LogP contribution in [0.1, 0.15) is 69.5 Å². The van der Waals surface area contributed by atoms with Crippen molar-refractivity contribution in [1.29, 1.82) is 0 Å². The summed E-state index contributed by atoms with van der Waals surface area (Å²) in [7, 11) is 3.43. The number of aromatic nitrogens is 2. The van der Waals surface area contributed by atoms with Crippen LogP contribution >= 0.6 is 11.3 Å². The van der Waals surface area contributed by atoms with Crippen LogP contribution in [0.25, 0.3) is 21.6 Å². The van der Waals surface area contributed by atoms with Gasteiger partial charge in [0, 0.05) is 41.4 Å². The average Bonchev–Trinajstić information content (AvgIpc) is 3.29. The number of nitrogens with zero attached hydrogens (tertiary/aromatic N) is 3. The first-order valence-corrected chi connectivity index (χ1v) is 15.7. The third kappa shape index (κ3) is 5.76. The molecule has 2 aliphatic rings. The van der Waals surface area contributed by atoms with Gasteiger partial charge in [-0.3, -0.25) is 9.59 Å². The van der Waals surface area contributed by atoms with Crippen LogP contribution in [0.2, 0.25) is 0 Å². The Balaban J connectivity index is 1.41. The number of carboxylic acids is 1. The number of amides is 1. The van der Waals surface area contributed by atoms with Gasteiger partial charge in [0.05, 0.1) is 30.2 Å². The highest BCUT2D eigenvalue weighted by molar-refractivity contribution is 7.13. The van der Waals surface area contributed by atoms with Crippen molar-refractivity contribution < 1.29 is 24.2 Å². The highest BCUT2D eigenvalue weighted by Gasteiger charge is 2.65. The third-order valence-electron chi connectivity index (χ3n) is 8.98. The number of rotatable bonds is 12. The molecule has 0 bridgehead atoms. The van der Waals surface area contributed by atoms with E-state index in [4.69, 9.17) is 19.4 Å². The van der Waals surface area contributed by atoms with Crippen LogP contribution < -0.4 is 9.47 Å². The first-order chi connectivity index (χ1) is 20.1. The summed E-state index contributed by atoms with van der Waals surface area (Å²) in [5.74, 6) is -0.467. The first kappa shape index (κ1) is 30.0. The lowest BCUT2D eigenvalue weighted by Crippen LogP contribution is -2.37. The number of hydrogen-bond acceptors (Lipinski definition) is 7. The van der Waals surface area contributed by atoms with Crippen LogP contribution in [-0.2, 0) is 9.59 Å². The fraction of sp³-hybridized carbons (Fsp3) is 0.515. The van der Waals surface area contributed by atoms with Gasteiger partial charge < -0.3 is 19.5 Å². The van der Waals surface area contributed by atoms with Gasteiger partial charge in [-0.15, -0.1) is 17.9 Å². The van der Waals surface area contributed by atoms with Crippen LogP contribution in [0.3, 0.4) is 0 Å². The first-order valence-electron chi connectivity index (χ1n) is 14.8. The summed E-state index contributed by atoms with van der Waals surface area (Å²) in [5.41, 5.74) is 3.15. The summed E-state index contributed by atoms with van der Waals surface area (Å²) in [5, 5.41) is 13.8. The molecule has 1 aromatic carbocycles. The molecule has 2 aliphatic carbocycles. The molecule has 1 N–H and O–H groups in total. The van der Waals surface area contributed by atoms with E-state index in [2.05, 4.69) is 25.8 Å². The lowest BCUT2D eigenvalue weighted by Gasteiger charge is -2.23. The number of unbranched alkanes of at least 4 members (excludes halogenated alkanes) is 2. The fourth-order valence-electron chi connectivity index (χ4n) is 6.33. The summed E-state index contributed by atoms with van der Waals surface area (Å²) >= 11 is 1.56. The number of allylic oxidation sites excluding steroid dienone is 1. The van der Waals surface area contributed by atoms with Gasteiger partial charge in [0.2, 0.25) is 5.91 Å². The minimum Gasteiger partial charge on any atom is -0.496 e. The number of carbonyl (C=O) groups is 2. The minimum atomic E-state index is -0.903. The van der Waals surface area contributed by atoms with Gasteiger partial charge in [-0.05, 0) is 63.5 Å². The maximum Gasteiger partial charge on any atom is 0.307 e. The van der Waals surface area contributed by atoms with Crippen LogP contribution in [0.4, 0.5) is 0 Å². The van der Waals surface area contributed by atoms with Gasteiger partial charge >= 0.3 is 5.97 Å². The number of fused-ring (bicyclic) bond motifs is 1. The Morgan fingerprint density at radius 3 is 2.62 bits per heavy atom. The molecule has 2 aromatic heterocycles. The predicted molar refractivity (Wildman–Crippen MR) is 165 cm³/mol. The summed E-state index contributed by atoms with van der Waals surface area (Å²) in [4.78, 5) is 37.2. The van der Waals surface area contributed by atoms with Crippen molar-refractivity contribution in [2.75, 3.05) is 20.7 Å². The van der Waals surface area contributed by atoms with Gasteiger partial charge in [-0.2, -0.15) is 0 Å². The Labute approximate surface area is 251 Å². The Kier molecular flexibility index (Phi) is 8.60. The number of pyridine rings is 1. The fourth-order valence-corrected chi connectivity index (χ4v) is 7.27. The zero-order valence-electron chi connectivity index (χ0n) is 25.2. The lowest BCUT2D eigenvalue weighted by molar-refractivity contribution is -0.148. The monoisotopic (exact) mass is 591 g/mol. The van der Waals surface area contributed by atoms with Crippen LogP contribution in [-0.4, -0.2) is 58.7 Å². The van der Waals surface area contributed by atoms with Crippen molar-refractivity contribution in [3.05, 3.63) is 47.5 Å². The van der Waals surface area contributed by atoms with E-state index in [0.29, 0.717) is 31.1 Å². The molecule has 1 spiro atoms. The maximum absolute atomic E-state index is 13.4. The van der Waals surface area contributed by atoms with Crippen molar-refractivity contribution in [3.8, 4) is 22.2 Å². The predicted octanol–water partition coefficient (Wildman–Crippen LogP) is 6.86. The zero-order chi connectivity index (χ0) is 30.2. The third-order valence-corrected chi connectivity index (χ3v) is 9.87. The van der Waals surface area contributed by atoms with Gasteiger partial charge in [0.1, 0.15) is 28.3 Å². The van der Waals surface area contributed by atoms with E-state index in [1.54, 1.807) is 30.4 Å². The molecular formula is C33H41N3O5S. The van der Waals surface area contributed by atoms with E-state index in [1.807, 2.05) is 31.2 Å². The average molecular weight is 592 g/mol.